The second-order valence-electron chi connectivity index (χ2n) is 7.68. The molecule has 6 unspecified atom stereocenters. The molecule has 1 amide bonds. The summed E-state index contributed by atoms with van der Waals surface area (Å²) in [6.45, 7) is 7.56. The quantitative estimate of drug-likeness (QED) is 0.631. The van der Waals surface area contributed by atoms with Crippen molar-refractivity contribution in [3.63, 3.8) is 0 Å². The van der Waals surface area contributed by atoms with Crippen LogP contribution in [0, 0.1) is 23.7 Å². The van der Waals surface area contributed by atoms with Crippen LogP contribution in [-0.2, 0) is 9.47 Å². The van der Waals surface area contributed by atoms with E-state index in [0.29, 0.717) is 35.9 Å². The van der Waals surface area contributed by atoms with Gasteiger partial charge in [0.15, 0.2) is 0 Å². The summed E-state index contributed by atoms with van der Waals surface area (Å²) in [5, 5.41) is 0. The Kier molecular flexibility index (Phi) is 2.31. The highest BCUT2D eigenvalue weighted by Crippen LogP contribution is 2.59. The lowest BCUT2D eigenvalue weighted by atomic mass is 9.60. The molecule has 0 spiro atoms. The maximum atomic E-state index is 12.2. The lowest BCUT2D eigenvalue weighted by molar-refractivity contribution is 0.0279. The molecule has 0 N–H and O–H groups in total. The fraction of sp³-hybridized carbons (Fsp3) is 0.933. The number of epoxide rings is 1. The minimum atomic E-state index is -0.394. The first-order chi connectivity index (χ1) is 8.94. The second kappa shape index (κ2) is 3.66. The van der Waals surface area contributed by atoms with Crippen molar-refractivity contribution in [2.75, 3.05) is 13.1 Å². The number of ether oxygens (including phenoxy) is 2. The zero-order valence-corrected chi connectivity index (χ0v) is 12.0. The number of fused-ring (bicyclic) bond motifs is 1. The molecule has 2 saturated heterocycles. The van der Waals surface area contributed by atoms with Gasteiger partial charge in [0.05, 0.1) is 12.2 Å². The molecule has 2 aliphatic heterocycles. The lowest BCUT2D eigenvalue weighted by Crippen LogP contribution is -2.44. The van der Waals surface area contributed by atoms with Crippen molar-refractivity contribution in [2.24, 2.45) is 23.7 Å². The largest absolute Gasteiger partial charge is 0.444 e. The Hall–Kier alpha value is -0.770. The molecule has 19 heavy (non-hydrogen) atoms. The van der Waals surface area contributed by atoms with E-state index in [1.54, 1.807) is 0 Å². The minimum Gasteiger partial charge on any atom is -0.444 e. The Morgan fingerprint density at radius 2 is 1.58 bits per heavy atom. The summed E-state index contributed by atoms with van der Waals surface area (Å²) in [6.07, 6.45) is 3.53. The average molecular weight is 265 g/mol. The van der Waals surface area contributed by atoms with Gasteiger partial charge in [-0.1, -0.05) is 0 Å². The smallest absolute Gasteiger partial charge is 0.410 e. The van der Waals surface area contributed by atoms with Crippen LogP contribution >= 0.6 is 0 Å². The molecule has 5 rings (SSSR count). The Bertz CT molecular complexity index is 392. The molecule has 5 aliphatic rings. The number of nitrogens with zero attached hydrogens (tertiary/aromatic N) is 1. The number of amides is 1. The standard InChI is InChI=1S/C15H23NO3/c1-15(2,3)19-14(17)16-6-10-8-4-5-9(11(10)7-16)13-12(8)18-13/h8-13H,4-7H2,1-3H3. The first kappa shape index (κ1) is 12.0. The molecular weight excluding hydrogens is 242 g/mol. The third-order valence-corrected chi connectivity index (χ3v) is 5.40. The van der Waals surface area contributed by atoms with Crippen LogP contribution in [0.5, 0.6) is 0 Å². The van der Waals surface area contributed by atoms with Crippen LogP contribution in [0.25, 0.3) is 0 Å². The van der Waals surface area contributed by atoms with Crippen molar-refractivity contribution >= 4 is 6.09 Å². The first-order valence-electron chi connectivity index (χ1n) is 7.57. The van der Waals surface area contributed by atoms with E-state index in [2.05, 4.69) is 0 Å². The van der Waals surface area contributed by atoms with Gasteiger partial charge in [0.2, 0.25) is 0 Å². The molecule has 2 bridgehead atoms. The van der Waals surface area contributed by atoms with Gasteiger partial charge in [-0.25, -0.2) is 4.79 Å². The molecule has 3 saturated carbocycles. The monoisotopic (exact) mass is 265 g/mol. The fourth-order valence-electron chi connectivity index (χ4n) is 4.69. The molecular formula is C15H23NO3. The van der Waals surface area contributed by atoms with Gasteiger partial charge < -0.3 is 14.4 Å². The van der Waals surface area contributed by atoms with Gasteiger partial charge in [-0.15, -0.1) is 0 Å². The Labute approximate surface area is 114 Å². The highest BCUT2D eigenvalue weighted by atomic mass is 16.6. The summed E-state index contributed by atoms with van der Waals surface area (Å²) < 4.78 is 11.4. The maximum Gasteiger partial charge on any atom is 0.410 e. The van der Waals surface area contributed by atoms with Crippen LogP contribution in [-0.4, -0.2) is 41.9 Å². The zero-order valence-electron chi connectivity index (χ0n) is 12.0. The summed E-state index contributed by atoms with van der Waals surface area (Å²) in [7, 11) is 0. The van der Waals surface area contributed by atoms with Crippen LogP contribution in [0.15, 0.2) is 0 Å². The van der Waals surface area contributed by atoms with Crippen LogP contribution in [0.1, 0.15) is 33.6 Å². The van der Waals surface area contributed by atoms with Crippen LogP contribution in [0.3, 0.4) is 0 Å². The minimum absolute atomic E-state index is 0.129. The van der Waals surface area contributed by atoms with E-state index in [1.807, 2.05) is 25.7 Å². The second-order valence-corrected chi connectivity index (χ2v) is 7.68. The number of carbonyl (C=O) groups excluding carboxylic acids is 1. The molecule has 3 aliphatic carbocycles. The molecule has 106 valence electrons. The maximum absolute atomic E-state index is 12.2. The van der Waals surface area contributed by atoms with Crippen LogP contribution < -0.4 is 0 Å². The summed E-state index contributed by atoms with van der Waals surface area (Å²) in [4.78, 5) is 14.1. The molecule has 0 aromatic heterocycles. The van der Waals surface area contributed by atoms with Gasteiger partial charge in [0.25, 0.3) is 0 Å². The number of carbonyl (C=O) groups is 1. The van der Waals surface area contributed by atoms with Gasteiger partial charge in [-0.05, 0) is 57.3 Å². The molecule has 0 aromatic rings. The highest BCUT2D eigenvalue weighted by molar-refractivity contribution is 5.68. The summed E-state index contributed by atoms with van der Waals surface area (Å²) in [5.41, 5.74) is -0.394. The predicted molar refractivity (Wildman–Crippen MR) is 69.7 cm³/mol. The normalized spacial score (nSPS) is 46.8. The van der Waals surface area contributed by atoms with E-state index in [1.165, 1.54) is 12.8 Å². The van der Waals surface area contributed by atoms with Crippen molar-refractivity contribution in [1.29, 1.82) is 0 Å². The van der Waals surface area contributed by atoms with Crippen molar-refractivity contribution in [3.05, 3.63) is 0 Å². The molecule has 0 radical (unpaired) electrons. The lowest BCUT2D eigenvalue weighted by Gasteiger charge is -2.41. The topological polar surface area (TPSA) is 42.1 Å². The molecule has 5 fully saturated rings. The van der Waals surface area contributed by atoms with Gasteiger partial charge in [0.1, 0.15) is 5.60 Å². The third-order valence-electron chi connectivity index (χ3n) is 5.40. The molecule has 0 aromatic carbocycles. The van der Waals surface area contributed by atoms with Crippen molar-refractivity contribution in [3.8, 4) is 0 Å². The van der Waals surface area contributed by atoms with E-state index in [4.69, 9.17) is 9.47 Å². The number of likely N-dealkylation sites (tertiary alicyclic amines) is 1. The fourth-order valence-corrected chi connectivity index (χ4v) is 4.69. The number of hydrogen-bond acceptors (Lipinski definition) is 3. The average Bonchev–Trinajstić information content (AvgIpc) is 2.99. The summed E-state index contributed by atoms with van der Waals surface area (Å²) >= 11 is 0. The van der Waals surface area contributed by atoms with E-state index in [0.717, 1.165) is 13.1 Å². The predicted octanol–water partition coefficient (Wildman–Crippen LogP) is 2.28. The molecule has 6 atom stereocenters. The van der Waals surface area contributed by atoms with Crippen LogP contribution in [0.4, 0.5) is 4.79 Å². The summed E-state index contributed by atoms with van der Waals surface area (Å²) in [5.74, 6) is 2.73. The number of hydrogen-bond donors (Lipinski definition) is 0. The molecule has 2 heterocycles. The SMILES string of the molecule is CC(C)(C)OC(=O)N1CC2C(C1)C1CCC2C2OC12. The van der Waals surface area contributed by atoms with E-state index in [9.17, 15) is 4.79 Å². The molecule has 4 nitrogen and oxygen atoms in total. The van der Waals surface area contributed by atoms with Crippen molar-refractivity contribution in [1.82, 2.24) is 4.90 Å². The zero-order chi connectivity index (χ0) is 13.4. The van der Waals surface area contributed by atoms with Gasteiger partial charge >= 0.3 is 6.09 Å². The van der Waals surface area contributed by atoms with E-state index < -0.39 is 5.60 Å². The first-order valence-corrected chi connectivity index (χ1v) is 7.57. The third kappa shape index (κ3) is 1.79. The van der Waals surface area contributed by atoms with Gasteiger partial charge in [0, 0.05) is 13.1 Å². The van der Waals surface area contributed by atoms with Gasteiger partial charge in [-0.3, -0.25) is 0 Å². The van der Waals surface area contributed by atoms with Crippen molar-refractivity contribution in [2.45, 2.75) is 51.4 Å². The van der Waals surface area contributed by atoms with Gasteiger partial charge in [-0.2, -0.15) is 0 Å². The Morgan fingerprint density at radius 3 is 2.05 bits per heavy atom. The van der Waals surface area contributed by atoms with Crippen molar-refractivity contribution < 1.29 is 14.3 Å². The molecule has 4 heteroatoms. The number of rotatable bonds is 0. The Balaban J connectivity index is 1.48. The van der Waals surface area contributed by atoms with E-state index >= 15 is 0 Å². The van der Waals surface area contributed by atoms with Crippen LogP contribution in [0.2, 0.25) is 0 Å². The summed E-state index contributed by atoms with van der Waals surface area (Å²) in [6, 6.07) is 0. The highest BCUT2D eigenvalue weighted by Gasteiger charge is 2.65. The Morgan fingerprint density at radius 1 is 1.05 bits per heavy atom. The van der Waals surface area contributed by atoms with E-state index in [-0.39, 0.29) is 6.09 Å².